The van der Waals surface area contributed by atoms with Crippen LogP contribution in [0.25, 0.3) is 0 Å². The number of carbonyl (C=O) groups excluding carboxylic acids is 1. The molecule has 0 fully saturated rings. The number of aryl methyl sites for hydroxylation is 3. The van der Waals surface area contributed by atoms with Crippen molar-refractivity contribution in [3.63, 3.8) is 0 Å². The second-order valence-corrected chi connectivity index (χ2v) is 8.11. The molecule has 1 amide bonds. The number of amides is 1. The number of rotatable bonds is 7. The highest BCUT2D eigenvalue weighted by Crippen LogP contribution is 2.21. The summed E-state index contributed by atoms with van der Waals surface area (Å²) in [5, 5.41) is 3.82. The molecule has 2 N–H and O–H groups in total. The van der Waals surface area contributed by atoms with Crippen LogP contribution in [0, 0.1) is 20.8 Å². The van der Waals surface area contributed by atoms with Gasteiger partial charge in [0.15, 0.2) is 6.54 Å². The predicted molar refractivity (Wildman–Crippen MR) is 108 cm³/mol. The summed E-state index contributed by atoms with van der Waals surface area (Å²) in [7, 11) is 2.05. The van der Waals surface area contributed by atoms with Gasteiger partial charge in [-0.3, -0.25) is 4.79 Å². The van der Waals surface area contributed by atoms with E-state index < -0.39 is 0 Å². The third kappa shape index (κ3) is 6.38. The van der Waals surface area contributed by atoms with E-state index in [4.69, 9.17) is 11.6 Å². The van der Waals surface area contributed by atoms with E-state index in [1.54, 1.807) is 11.8 Å². The topological polar surface area (TPSA) is 33.5 Å². The van der Waals surface area contributed by atoms with Crippen molar-refractivity contribution >= 4 is 35.0 Å². The summed E-state index contributed by atoms with van der Waals surface area (Å²) < 4.78 is 0. The molecule has 0 spiro atoms. The maximum Gasteiger partial charge on any atom is 0.279 e. The molecule has 1 unspecified atom stereocenters. The molecule has 1 atom stereocenters. The number of anilines is 1. The summed E-state index contributed by atoms with van der Waals surface area (Å²) in [6.07, 6.45) is 0. The molecule has 2 aromatic carbocycles. The van der Waals surface area contributed by atoms with E-state index in [0.717, 1.165) is 34.1 Å². The minimum atomic E-state index is 0.0593. The van der Waals surface area contributed by atoms with E-state index in [9.17, 15) is 4.79 Å². The van der Waals surface area contributed by atoms with E-state index >= 15 is 0 Å². The van der Waals surface area contributed by atoms with Crippen molar-refractivity contribution < 1.29 is 9.69 Å². The van der Waals surface area contributed by atoms with Crippen LogP contribution in [-0.2, 0) is 4.79 Å². The summed E-state index contributed by atoms with van der Waals surface area (Å²) in [6.45, 7) is 7.53. The van der Waals surface area contributed by atoms with E-state index in [2.05, 4.69) is 31.4 Å². The largest absolute Gasteiger partial charge is 0.329 e. The average molecular weight is 378 g/mol. The summed E-state index contributed by atoms with van der Waals surface area (Å²) in [5.74, 6) is 1.02. The van der Waals surface area contributed by atoms with E-state index in [1.165, 1.54) is 15.4 Å². The summed E-state index contributed by atoms with van der Waals surface area (Å²) >= 11 is 7.68. The standard InChI is InChI=1S/C20H25ClN2OS/c1-14-11-15(2)20(16(3)12-14)22-19(24)13-23(4)9-10-25-18-7-5-17(21)6-8-18/h5-8,11-12H,9-10,13H2,1-4H3,(H,22,24)/p+1. The number of hydrogen-bond donors (Lipinski definition) is 2. The molecule has 0 bridgehead atoms. The molecule has 0 aliphatic heterocycles. The van der Waals surface area contributed by atoms with Crippen molar-refractivity contribution in [2.24, 2.45) is 0 Å². The van der Waals surface area contributed by atoms with Crippen LogP contribution in [0.3, 0.4) is 0 Å². The van der Waals surface area contributed by atoms with Gasteiger partial charge in [-0.05, 0) is 56.2 Å². The fraction of sp³-hybridized carbons (Fsp3) is 0.350. The van der Waals surface area contributed by atoms with Gasteiger partial charge in [0.25, 0.3) is 5.91 Å². The van der Waals surface area contributed by atoms with Crippen LogP contribution in [0.1, 0.15) is 16.7 Å². The van der Waals surface area contributed by atoms with Crippen molar-refractivity contribution in [2.45, 2.75) is 25.7 Å². The lowest BCUT2D eigenvalue weighted by Crippen LogP contribution is -3.10. The Balaban J connectivity index is 1.79. The number of carbonyl (C=O) groups is 1. The molecule has 0 aliphatic rings. The highest BCUT2D eigenvalue weighted by atomic mass is 35.5. The smallest absolute Gasteiger partial charge is 0.279 e. The number of nitrogens with one attached hydrogen (secondary N) is 2. The number of quaternary nitrogens is 1. The van der Waals surface area contributed by atoms with Gasteiger partial charge in [0.05, 0.1) is 13.6 Å². The van der Waals surface area contributed by atoms with Crippen LogP contribution < -0.4 is 10.2 Å². The van der Waals surface area contributed by atoms with Gasteiger partial charge in [0.1, 0.15) is 0 Å². The summed E-state index contributed by atoms with van der Waals surface area (Å²) in [5.41, 5.74) is 4.39. The van der Waals surface area contributed by atoms with Crippen molar-refractivity contribution in [2.75, 3.05) is 31.2 Å². The van der Waals surface area contributed by atoms with Gasteiger partial charge >= 0.3 is 0 Å². The Hall–Kier alpha value is -1.49. The second kappa shape index (κ2) is 9.27. The predicted octanol–water partition coefficient (Wildman–Crippen LogP) is 3.51. The van der Waals surface area contributed by atoms with Crippen molar-refractivity contribution in [3.8, 4) is 0 Å². The molecule has 0 radical (unpaired) electrons. The molecule has 0 saturated heterocycles. The second-order valence-electron chi connectivity index (χ2n) is 6.51. The first-order valence-corrected chi connectivity index (χ1v) is 9.79. The lowest BCUT2D eigenvalue weighted by Gasteiger charge is -2.16. The molecule has 134 valence electrons. The van der Waals surface area contributed by atoms with Crippen LogP contribution >= 0.6 is 23.4 Å². The summed E-state index contributed by atoms with van der Waals surface area (Å²) in [6, 6.07) is 12.1. The third-order valence-electron chi connectivity index (χ3n) is 4.01. The van der Waals surface area contributed by atoms with E-state index in [-0.39, 0.29) is 5.91 Å². The first-order chi connectivity index (χ1) is 11.8. The van der Waals surface area contributed by atoms with Gasteiger partial charge in [-0.15, -0.1) is 11.8 Å². The number of hydrogen-bond acceptors (Lipinski definition) is 2. The lowest BCUT2D eigenvalue weighted by molar-refractivity contribution is -0.868. The summed E-state index contributed by atoms with van der Waals surface area (Å²) in [4.78, 5) is 14.7. The first-order valence-electron chi connectivity index (χ1n) is 8.42. The van der Waals surface area contributed by atoms with Gasteiger partial charge in [-0.1, -0.05) is 29.3 Å². The van der Waals surface area contributed by atoms with Crippen LogP contribution in [-0.4, -0.2) is 31.8 Å². The normalized spacial score (nSPS) is 12.0. The SMILES string of the molecule is Cc1cc(C)c(NC(=O)C[NH+](C)CCSc2ccc(Cl)cc2)c(C)c1. The molecular weight excluding hydrogens is 352 g/mol. The Bertz CT molecular complexity index is 708. The highest BCUT2D eigenvalue weighted by Gasteiger charge is 2.13. The maximum atomic E-state index is 12.3. The van der Waals surface area contributed by atoms with Gasteiger partial charge < -0.3 is 10.2 Å². The minimum absolute atomic E-state index is 0.0593. The number of likely N-dealkylation sites (N-methyl/N-ethyl adjacent to an activating group) is 1. The fourth-order valence-electron chi connectivity index (χ4n) is 2.80. The quantitative estimate of drug-likeness (QED) is 0.724. The minimum Gasteiger partial charge on any atom is -0.329 e. The van der Waals surface area contributed by atoms with Gasteiger partial charge in [-0.2, -0.15) is 0 Å². The van der Waals surface area contributed by atoms with Crippen molar-refractivity contribution in [1.29, 1.82) is 0 Å². The third-order valence-corrected chi connectivity index (χ3v) is 5.28. The molecule has 2 aromatic rings. The Morgan fingerprint density at radius 1 is 1.12 bits per heavy atom. The van der Waals surface area contributed by atoms with Gasteiger partial charge in [0, 0.05) is 21.4 Å². The Morgan fingerprint density at radius 3 is 2.32 bits per heavy atom. The molecular formula is C20H26ClN2OS+. The van der Waals surface area contributed by atoms with Gasteiger partial charge in [0.2, 0.25) is 0 Å². The number of thioether (sulfide) groups is 1. The van der Waals surface area contributed by atoms with Crippen LogP contribution in [0.2, 0.25) is 5.02 Å². The molecule has 3 nitrogen and oxygen atoms in total. The molecule has 25 heavy (non-hydrogen) atoms. The fourth-order valence-corrected chi connectivity index (χ4v) is 3.94. The monoisotopic (exact) mass is 377 g/mol. The molecule has 0 aliphatic carbocycles. The highest BCUT2D eigenvalue weighted by molar-refractivity contribution is 7.99. The Kier molecular flexibility index (Phi) is 7.36. The average Bonchev–Trinajstić information content (AvgIpc) is 2.52. The van der Waals surface area contributed by atoms with Crippen molar-refractivity contribution in [1.82, 2.24) is 0 Å². The Labute approximate surface area is 159 Å². The maximum absolute atomic E-state index is 12.3. The molecule has 0 aromatic heterocycles. The Morgan fingerprint density at radius 2 is 1.72 bits per heavy atom. The van der Waals surface area contributed by atoms with Gasteiger partial charge in [-0.25, -0.2) is 0 Å². The van der Waals surface area contributed by atoms with E-state index in [1.807, 2.05) is 38.1 Å². The zero-order valence-electron chi connectivity index (χ0n) is 15.3. The zero-order valence-corrected chi connectivity index (χ0v) is 16.9. The van der Waals surface area contributed by atoms with Crippen LogP contribution in [0.5, 0.6) is 0 Å². The molecule has 2 rings (SSSR count). The van der Waals surface area contributed by atoms with Crippen LogP contribution in [0.15, 0.2) is 41.3 Å². The number of halogens is 1. The van der Waals surface area contributed by atoms with E-state index in [0.29, 0.717) is 6.54 Å². The molecule has 0 saturated carbocycles. The lowest BCUT2D eigenvalue weighted by atomic mass is 10.1. The van der Waals surface area contributed by atoms with Crippen LogP contribution in [0.4, 0.5) is 5.69 Å². The molecule has 5 heteroatoms. The number of benzene rings is 2. The first kappa shape index (κ1) is 19.8. The zero-order chi connectivity index (χ0) is 18.4. The van der Waals surface area contributed by atoms with Crippen molar-refractivity contribution in [3.05, 3.63) is 58.1 Å². The molecule has 0 heterocycles.